The number of halogens is 1. The summed E-state index contributed by atoms with van der Waals surface area (Å²) in [5.74, 6) is -0.214. The Labute approximate surface area is 126 Å². The second-order valence-corrected chi connectivity index (χ2v) is 5.19. The van der Waals surface area contributed by atoms with E-state index < -0.39 is 5.97 Å². The monoisotopic (exact) mass is 337 g/mol. The molecular formula is C15H16BrNO3. The van der Waals surface area contributed by atoms with Crippen LogP contribution in [0.4, 0.5) is 5.69 Å². The van der Waals surface area contributed by atoms with Gasteiger partial charge in [0.1, 0.15) is 0 Å². The van der Waals surface area contributed by atoms with Crippen LogP contribution in [0.2, 0.25) is 0 Å². The molecule has 0 aliphatic carbocycles. The van der Waals surface area contributed by atoms with Gasteiger partial charge in [-0.1, -0.05) is 22.9 Å². The minimum atomic E-state index is -0.460. The maximum absolute atomic E-state index is 11.5. The molecule has 0 aliphatic rings. The molecule has 106 valence electrons. The number of benzene rings is 1. The molecule has 0 spiro atoms. The summed E-state index contributed by atoms with van der Waals surface area (Å²) in [6.07, 6.45) is 2.42. The number of rotatable bonds is 5. The number of nitrogens with one attached hydrogen (secondary N) is 1. The molecule has 0 fully saturated rings. The van der Waals surface area contributed by atoms with E-state index in [-0.39, 0.29) is 5.76 Å². The van der Waals surface area contributed by atoms with Gasteiger partial charge in [0.2, 0.25) is 5.76 Å². The Morgan fingerprint density at radius 1 is 1.35 bits per heavy atom. The van der Waals surface area contributed by atoms with Gasteiger partial charge >= 0.3 is 5.97 Å². The van der Waals surface area contributed by atoms with E-state index in [9.17, 15) is 4.79 Å². The highest BCUT2D eigenvalue weighted by atomic mass is 79.9. The van der Waals surface area contributed by atoms with Crippen molar-refractivity contribution in [2.75, 3.05) is 12.4 Å². The zero-order valence-electron chi connectivity index (χ0n) is 11.4. The van der Waals surface area contributed by atoms with Crippen molar-refractivity contribution in [1.82, 2.24) is 0 Å². The van der Waals surface area contributed by atoms with Crippen LogP contribution in [0.25, 0.3) is 0 Å². The summed E-state index contributed by atoms with van der Waals surface area (Å²) in [7, 11) is 1.34. The normalized spacial score (nSPS) is 10.3. The van der Waals surface area contributed by atoms with Crippen molar-refractivity contribution >= 4 is 27.6 Å². The number of carbonyl (C=O) groups is 1. The van der Waals surface area contributed by atoms with Crippen LogP contribution >= 0.6 is 15.9 Å². The van der Waals surface area contributed by atoms with Crippen LogP contribution in [0, 0.1) is 0 Å². The highest BCUT2D eigenvalue weighted by Gasteiger charge is 2.15. The smallest absolute Gasteiger partial charge is 0.374 e. The third-order valence-corrected chi connectivity index (χ3v) is 3.53. The first kappa shape index (κ1) is 14.7. The Bertz CT molecular complexity index is 607. The molecule has 0 radical (unpaired) electrons. The summed E-state index contributed by atoms with van der Waals surface area (Å²) in [6.45, 7) is 2.61. The van der Waals surface area contributed by atoms with Crippen molar-refractivity contribution in [3.63, 3.8) is 0 Å². The summed E-state index contributed by atoms with van der Waals surface area (Å²) in [4.78, 5) is 11.5. The van der Waals surface area contributed by atoms with Crippen molar-refractivity contribution in [3.05, 3.63) is 51.9 Å². The molecule has 4 nitrogen and oxygen atoms in total. The summed E-state index contributed by atoms with van der Waals surface area (Å²) in [6, 6.07) is 7.85. The van der Waals surface area contributed by atoms with E-state index in [2.05, 4.69) is 39.0 Å². The number of methoxy groups -OCH3 is 1. The van der Waals surface area contributed by atoms with E-state index in [1.54, 1.807) is 6.07 Å². The van der Waals surface area contributed by atoms with Crippen LogP contribution in [0.15, 0.2) is 39.4 Å². The lowest BCUT2D eigenvalue weighted by atomic mass is 10.1. The molecular weight excluding hydrogens is 322 g/mol. The summed E-state index contributed by atoms with van der Waals surface area (Å²) < 4.78 is 10.9. The molecule has 1 N–H and O–H groups in total. The number of anilines is 1. The Kier molecular flexibility index (Phi) is 4.84. The minimum absolute atomic E-state index is 0.246. The van der Waals surface area contributed by atoms with Gasteiger partial charge in [-0.05, 0) is 36.2 Å². The average molecular weight is 338 g/mol. The summed E-state index contributed by atoms with van der Waals surface area (Å²) >= 11 is 3.46. The molecule has 2 aromatic rings. The van der Waals surface area contributed by atoms with Crippen molar-refractivity contribution < 1.29 is 13.9 Å². The van der Waals surface area contributed by atoms with Gasteiger partial charge in [0.25, 0.3) is 0 Å². The number of esters is 1. The molecule has 1 aromatic heterocycles. The van der Waals surface area contributed by atoms with E-state index >= 15 is 0 Å². The van der Waals surface area contributed by atoms with Gasteiger partial charge in [0.15, 0.2) is 0 Å². The highest BCUT2D eigenvalue weighted by Crippen LogP contribution is 2.23. The van der Waals surface area contributed by atoms with Crippen molar-refractivity contribution in [2.45, 2.75) is 19.9 Å². The fraction of sp³-hybridized carbons (Fsp3) is 0.267. The standard InChI is InChI=1S/C15H16BrNO3/c1-3-10-8-12(16)4-5-13(10)17-9-11-6-7-20-14(11)15(18)19-2/h4-8,17H,3,9H2,1-2H3. The van der Waals surface area contributed by atoms with E-state index in [0.717, 1.165) is 22.1 Å². The van der Waals surface area contributed by atoms with Crippen LogP contribution in [0.1, 0.15) is 28.6 Å². The fourth-order valence-corrected chi connectivity index (χ4v) is 2.37. The molecule has 2 rings (SSSR count). The second-order valence-electron chi connectivity index (χ2n) is 4.28. The van der Waals surface area contributed by atoms with E-state index in [1.165, 1.54) is 18.9 Å². The van der Waals surface area contributed by atoms with Crippen LogP contribution in [-0.4, -0.2) is 13.1 Å². The first-order valence-electron chi connectivity index (χ1n) is 6.32. The second kappa shape index (κ2) is 6.61. The molecule has 0 unspecified atom stereocenters. The minimum Gasteiger partial charge on any atom is -0.463 e. The Balaban J connectivity index is 2.13. The van der Waals surface area contributed by atoms with Gasteiger partial charge in [-0.3, -0.25) is 0 Å². The van der Waals surface area contributed by atoms with Gasteiger partial charge in [0.05, 0.1) is 13.4 Å². The maximum Gasteiger partial charge on any atom is 0.374 e. The molecule has 0 amide bonds. The molecule has 20 heavy (non-hydrogen) atoms. The number of hydrogen-bond acceptors (Lipinski definition) is 4. The molecule has 0 atom stereocenters. The number of furan rings is 1. The van der Waals surface area contributed by atoms with Gasteiger partial charge in [-0.15, -0.1) is 0 Å². The topological polar surface area (TPSA) is 51.5 Å². The highest BCUT2D eigenvalue weighted by molar-refractivity contribution is 9.10. The lowest BCUT2D eigenvalue weighted by Gasteiger charge is -2.11. The molecule has 5 heteroatoms. The number of ether oxygens (including phenoxy) is 1. The number of aryl methyl sites for hydroxylation is 1. The molecule has 0 aliphatic heterocycles. The Hall–Kier alpha value is -1.75. The molecule has 0 saturated carbocycles. The number of carbonyl (C=O) groups excluding carboxylic acids is 1. The predicted octanol–water partition coefficient (Wildman–Crippen LogP) is 4.00. The third kappa shape index (κ3) is 3.22. The summed E-state index contributed by atoms with van der Waals surface area (Å²) in [5, 5.41) is 3.32. The predicted molar refractivity (Wildman–Crippen MR) is 80.9 cm³/mol. The Morgan fingerprint density at radius 2 is 2.15 bits per heavy atom. The van der Waals surface area contributed by atoms with Crippen LogP contribution in [0.5, 0.6) is 0 Å². The first-order chi connectivity index (χ1) is 9.65. The molecule has 0 saturated heterocycles. The van der Waals surface area contributed by atoms with Gasteiger partial charge < -0.3 is 14.5 Å². The first-order valence-corrected chi connectivity index (χ1v) is 7.12. The van der Waals surface area contributed by atoms with Crippen LogP contribution in [0.3, 0.4) is 0 Å². The lowest BCUT2D eigenvalue weighted by molar-refractivity contribution is 0.0563. The van der Waals surface area contributed by atoms with Gasteiger partial charge in [-0.25, -0.2) is 4.79 Å². The molecule has 1 heterocycles. The van der Waals surface area contributed by atoms with E-state index in [4.69, 9.17) is 4.42 Å². The lowest BCUT2D eigenvalue weighted by Crippen LogP contribution is -2.07. The number of hydrogen-bond donors (Lipinski definition) is 1. The SMILES string of the molecule is CCc1cc(Br)ccc1NCc1ccoc1C(=O)OC. The van der Waals surface area contributed by atoms with Crippen LogP contribution in [-0.2, 0) is 17.7 Å². The quantitative estimate of drug-likeness (QED) is 0.837. The van der Waals surface area contributed by atoms with Gasteiger partial charge in [0, 0.05) is 22.3 Å². The zero-order valence-corrected chi connectivity index (χ0v) is 13.0. The summed E-state index contributed by atoms with van der Waals surface area (Å²) in [5.41, 5.74) is 3.04. The van der Waals surface area contributed by atoms with Crippen molar-refractivity contribution in [2.24, 2.45) is 0 Å². The van der Waals surface area contributed by atoms with Crippen LogP contribution < -0.4 is 5.32 Å². The molecule has 0 bridgehead atoms. The largest absolute Gasteiger partial charge is 0.463 e. The van der Waals surface area contributed by atoms with E-state index in [1.807, 2.05) is 12.1 Å². The van der Waals surface area contributed by atoms with Gasteiger partial charge in [-0.2, -0.15) is 0 Å². The van der Waals surface area contributed by atoms with E-state index in [0.29, 0.717) is 6.54 Å². The van der Waals surface area contributed by atoms with Crippen molar-refractivity contribution in [3.8, 4) is 0 Å². The third-order valence-electron chi connectivity index (χ3n) is 3.04. The fourth-order valence-electron chi connectivity index (χ4n) is 1.96. The zero-order chi connectivity index (χ0) is 14.5. The maximum atomic E-state index is 11.5. The van der Waals surface area contributed by atoms with Crippen molar-refractivity contribution in [1.29, 1.82) is 0 Å². The Morgan fingerprint density at radius 3 is 2.85 bits per heavy atom. The molecule has 1 aromatic carbocycles. The average Bonchev–Trinajstić information content (AvgIpc) is 2.93.